The Hall–Kier alpha value is -3.37. The number of anilines is 1. The Kier molecular flexibility index (Phi) is 6.38. The van der Waals surface area contributed by atoms with Crippen molar-refractivity contribution in [2.45, 2.75) is 0 Å². The van der Waals surface area contributed by atoms with Crippen molar-refractivity contribution in [1.29, 1.82) is 0 Å². The number of methoxy groups -OCH3 is 1. The minimum atomic E-state index is -0.619. The smallest absolute Gasteiger partial charge is 0.294 e. The number of hydrogen-bond acceptors (Lipinski definition) is 7. The molecule has 3 rings (SSSR count). The lowest BCUT2D eigenvalue weighted by atomic mass is 10.2. The number of nitrogens with one attached hydrogen (secondary N) is 1. The first-order chi connectivity index (χ1) is 14.3. The molecule has 1 fully saturated rings. The lowest BCUT2D eigenvalue weighted by molar-refractivity contribution is -0.384. The van der Waals surface area contributed by atoms with Crippen molar-refractivity contribution in [3.8, 4) is 5.75 Å². The maximum absolute atomic E-state index is 12.5. The van der Waals surface area contributed by atoms with Crippen LogP contribution in [0.1, 0.15) is 5.56 Å². The monoisotopic (exact) mass is 447 g/mol. The van der Waals surface area contributed by atoms with Gasteiger partial charge < -0.3 is 10.1 Å². The topological polar surface area (TPSA) is 119 Å². The highest BCUT2D eigenvalue weighted by Crippen LogP contribution is 2.32. The molecule has 1 aliphatic rings. The van der Waals surface area contributed by atoms with E-state index in [1.54, 1.807) is 12.1 Å². The predicted molar refractivity (Wildman–Crippen MR) is 112 cm³/mol. The van der Waals surface area contributed by atoms with E-state index in [4.69, 9.17) is 16.3 Å². The number of halogens is 1. The minimum absolute atomic E-state index is 0.0874. The lowest BCUT2D eigenvalue weighted by Gasteiger charge is -2.13. The van der Waals surface area contributed by atoms with E-state index in [0.29, 0.717) is 33.8 Å². The fourth-order valence-corrected chi connectivity index (χ4v) is 3.66. The molecule has 0 unspecified atom stereocenters. The van der Waals surface area contributed by atoms with Crippen LogP contribution in [0.25, 0.3) is 6.08 Å². The normalized spacial score (nSPS) is 14.9. The summed E-state index contributed by atoms with van der Waals surface area (Å²) in [6.07, 6.45) is 1.44. The van der Waals surface area contributed by atoms with Crippen LogP contribution in [0.3, 0.4) is 0 Å². The first-order valence-electron chi connectivity index (χ1n) is 8.41. The van der Waals surface area contributed by atoms with Gasteiger partial charge in [0.05, 0.1) is 22.0 Å². The zero-order valence-corrected chi connectivity index (χ0v) is 17.0. The number of hydrogen-bond donors (Lipinski definition) is 1. The fraction of sp³-hybridized carbons (Fsp3) is 0.105. The third kappa shape index (κ3) is 4.78. The number of ether oxygens (including phenoxy) is 1. The van der Waals surface area contributed by atoms with Crippen LogP contribution in [0, 0.1) is 10.1 Å². The van der Waals surface area contributed by atoms with E-state index in [0.717, 1.165) is 4.90 Å². The van der Waals surface area contributed by atoms with E-state index in [1.165, 1.54) is 43.5 Å². The third-order valence-corrected chi connectivity index (χ3v) is 5.22. The molecule has 0 bridgehead atoms. The lowest BCUT2D eigenvalue weighted by Crippen LogP contribution is -2.36. The van der Waals surface area contributed by atoms with Crippen molar-refractivity contribution in [3.63, 3.8) is 0 Å². The van der Waals surface area contributed by atoms with E-state index in [9.17, 15) is 24.5 Å². The Morgan fingerprint density at radius 3 is 2.57 bits per heavy atom. The van der Waals surface area contributed by atoms with Crippen LogP contribution < -0.4 is 10.1 Å². The van der Waals surface area contributed by atoms with Gasteiger partial charge in [0, 0.05) is 17.8 Å². The van der Waals surface area contributed by atoms with Crippen LogP contribution in [0.2, 0.25) is 5.02 Å². The van der Waals surface area contributed by atoms with Crippen LogP contribution in [-0.2, 0) is 9.59 Å². The number of amides is 3. The molecule has 0 aromatic heterocycles. The average Bonchev–Trinajstić information content (AvgIpc) is 2.96. The van der Waals surface area contributed by atoms with Crippen molar-refractivity contribution in [2.75, 3.05) is 19.0 Å². The number of thioether (sulfide) groups is 1. The molecule has 0 atom stereocenters. The summed E-state index contributed by atoms with van der Waals surface area (Å²) in [6, 6.07) is 10.2. The first-order valence-corrected chi connectivity index (χ1v) is 9.61. The van der Waals surface area contributed by atoms with Gasteiger partial charge in [0.2, 0.25) is 5.91 Å². The summed E-state index contributed by atoms with van der Waals surface area (Å²) < 4.78 is 5.04. The number of rotatable bonds is 6. The predicted octanol–water partition coefficient (Wildman–Crippen LogP) is 3.93. The Morgan fingerprint density at radius 2 is 1.97 bits per heavy atom. The largest absolute Gasteiger partial charge is 0.495 e. The molecule has 1 aliphatic heterocycles. The van der Waals surface area contributed by atoms with Gasteiger partial charge in [-0.05, 0) is 53.7 Å². The van der Waals surface area contributed by atoms with Gasteiger partial charge in [-0.15, -0.1) is 0 Å². The molecule has 0 aliphatic carbocycles. The average molecular weight is 448 g/mol. The van der Waals surface area contributed by atoms with Gasteiger partial charge in [-0.25, -0.2) is 0 Å². The van der Waals surface area contributed by atoms with Crippen molar-refractivity contribution < 1.29 is 24.0 Å². The van der Waals surface area contributed by atoms with Gasteiger partial charge in [-0.2, -0.15) is 0 Å². The van der Waals surface area contributed by atoms with E-state index >= 15 is 0 Å². The molecule has 1 heterocycles. The van der Waals surface area contributed by atoms with Crippen LogP contribution in [0.5, 0.6) is 5.75 Å². The van der Waals surface area contributed by atoms with Gasteiger partial charge in [-0.1, -0.05) is 11.6 Å². The SMILES string of the molecule is COc1ccc(NC(=O)CN2C(=O)S/C(=C/c3ccc([N+](=O)[O-])cc3)C2=O)cc1Cl. The molecular weight excluding hydrogens is 434 g/mol. The second-order valence-corrected chi connectivity index (χ2v) is 7.41. The highest BCUT2D eigenvalue weighted by atomic mass is 35.5. The Balaban J connectivity index is 1.67. The fourth-order valence-electron chi connectivity index (χ4n) is 2.57. The number of carbonyl (C=O) groups is 3. The second-order valence-electron chi connectivity index (χ2n) is 6.01. The van der Waals surface area contributed by atoms with Gasteiger partial charge in [-0.3, -0.25) is 29.4 Å². The molecule has 3 amide bonds. The van der Waals surface area contributed by atoms with Crippen LogP contribution in [0.4, 0.5) is 16.2 Å². The number of non-ortho nitro benzene ring substituents is 1. The van der Waals surface area contributed by atoms with Crippen LogP contribution >= 0.6 is 23.4 Å². The number of nitro groups is 1. The molecule has 30 heavy (non-hydrogen) atoms. The molecule has 9 nitrogen and oxygen atoms in total. The van der Waals surface area contributed by atoms with Crippen LogP contribution in [-0.4, -0.2) is 40.5 Å². The molecule has 1 saturated heterocycles. The third-order valence-electron chi connectivity index (χ3n) is 4.01. The summed E-state index contributed by atoms with van der Waals surface area (Å²) >= 11 is 6.70. The summed E-state index contributed by atoms with van der Waals surface area (Å²) in [7, 11) is 1.46. The molecule has 2 aromatic rings. The zero-order chi connectivity index (χ0) is 21.8. The number of nitro benzene ring substituents is 1. The van der Waals surface area contributed by atoms with E-state index in [1.807, 2.05) is 0 Å². The molecule has 1 N–H and O–H groups in total. The van der Waals surface area contributed by atoms with Gasteiger partial charge in [0.1, 0.15) is 12.3 Å². The summed E-state index contributed by atoms with van der Waals surface area (Å²) in [6.45, 7) is -0.466. The first kappa shape index (κ1) is 21.3. The van der Waals surface area contributed by atoms with Crippen molar-refractivity contribution in [3.05, 3.63) is 68.1 Å². The Labute approximate surface area is 179 Å². The molecule has 11 heteroatoms. The molecular formula is C19H14ClN3O6S. The minimum Gasteiger partial charge on any atom is -0.495 e. The molecule has 0 saturated carbocycles. The van der Waals surface area contributed by atoms with E-state index in [-0.39, 0.29) is 10.6 Å². The van der Waals surface area contributed by atoms with Crippen molar-refractivity contribution >= 4 is 57.9 Å². The quantitative estimate of drug-likeness (QED) is 0.404. The standard InChI is InChI=1S/C19H14ClN3O6S/c1-29-15-7-4-12(9-14(15)20)21-17(24)10-22-18(25)16(30-19(22)26)8-11-2-5-13(6-3-11)23(27)28/h2-9H,10H2,1H3,(H,21,24)/b16-8+. The maximum Gasteiger partial charge on any atom is 0.294 e. The van der Waals surface area contributed by atoms with Crippen molar-refractivity contribution in [2.24, 2.45) is 0 Å². The molecule has 0 radical (unpaired) electrons. The number of benzene rings is 2. The molecule has 2 aromatic carbocycles. The second kappa shape index (κ2) is 8.97. The summed E-state index contributed by atoms with van der Waals surface area (Å²) in [5, 5.41) is 13.0. The number of imide groups is 1. The highest BCUT2D eigenvalue weighted by Gasteiger charge is 2.36. The van der Waals surface area contributed by atoms with Gasteiger partial charge >= 0.3 is 0 Å². The van der Waals surface area contributed by atoms with Crippen molar-refractivity contribution in [1.82, 2.24) is 4.90 Å². The zero-order valence-electron chi connectivity index (χ0n) is 15.5. The summed E-state index contributed by atoms with van der Waals surface area (Å²) in [5.74, 6) is -0.752. The van der Waals surface area contributed by atoms with Gasteiger partial charge in [0.15, 0.2) is 0 Å². The Bertz CT molecular complexity index is 1070. The van der Waals surface area contributed by atoms with Crippen LogP contribution in [0.15, 0.2) is 47.4 Å². The van der Waals surface area contributed by atoms with Gasteiger partial charge in [0.25, 0.3) is 16.8 Å². The number of nitrogens with zero attached hydrogens (tertiary/aromatic N) is 2. The van der Waals surface area contributed by atoms with E-state index in [2.05, 4.69) is 5.32 Å². The molecule has 0 spiro atoms. The summed E-state index contributed by atoms with van der Waals surface area (Å²) in [4.78, 5) is 48.1. The maximum atomic E-state index is 12.5. The molecule has 154 valence electrons. The Morgan fingerprint density at radius 1 is 1.27 bits per heavy atom. The van der Waals surface area contributed by atoms with E-state index < -0.39 is 28.5 Å². The summed E-state index contributed by atoms with van der Waals surface area (Å²) in [5.41, 5.74) is 0.818. The highest BCUT2D eigenvalue weighted by molar-refractivity contribution is 8.18. The number of carbonyl (C=O) groups excluding carboxylic acids is 3.